The molecule has 0 atom stereocenters. The Morgan fingerprint density at radius 2 is 2.19 bits per heavy atom. The van der Waals surface area contributed by atoms with Crippen LogP contribution in [0.3, 0.4) is 0 Å². The summed E-state index contributed by atoms with van der Waals surface area (Å²) in [6, 6.07) is 7.61. The summed E-state index contributed by atoms with van der Waals surface area (Å²) in [4.78, 5) is 11.9. The number of nitrogens with zero attached hydrogens (tertiary/aromatic N) is 2. The maximum Gasteiger partial charge on any atom is 0.204 e. The van der Waals surface area contributed by atoms with Gasteiger partial charge in [0.25, 0.3) is 0 Å². The monoisotopic (exact) mass is 291 g/mol. The van der Waals surface area contributed by atoms with Crippen LogP contribution in [0.4, 0.5) is 4.39 Å². The number of aromatic nitrogens is 2. The summed E-state index contributed by atoms with van der Waals surface area (Å²) in [5.41, 5.74) is 1.50. The molecule has 2 aromatic rings. The Bertz CT molecular complexity index is 670. The molecule has 0 radical (unpaired) electrons. The van der Waals surface area contributed by atoms with Crippen LogP contribution in [0.1, 0.15) is 11.4 Å². The van der Waals surface area contributed by atoms with Crippen molar-refractivity contribution in [1.29, 1.82) is 0 Å². The van der Waals surface area contributed by atoms with E-state index in [1.54, 1.807) is 30.8 Å². The van der Waals surface area contributed by atoms with E-state index >= 15 is 0 Å². The molecule has 0 fully saturated rings. The van der Waals surface area contributed by atoms with E-state index in [-0.39, 0.29) is 11.2 Å². The number of halogens is 1. The van der Waals surface area contributed by atoms with Gasteiger partial charge in [0.15, 0.2) is 0 Å². The Morgan fingerprint density at radius 3 is 2.90 bits per heavy atom. The molecule has 0 amide bonds. The first kappa shape index (κ1) is 15.3. The largest absolute Gasteiger partial charge is 0.383 e. The second kappa shape index (κ2) is 7.10. The standard InChI is InChI=1S/C15H18FN3O2/c1-11-8-15(20)14(10-17-6-7-21-2)18-19(11)13-5-3-4-12(16)9-13/h3-5,8-9,17H,6-7,10H2,1-2H3. The highest BCUT2D eigenvalue weighted by Gasteiger charge is 2.08. The molecule has 1 N–H and O–H groups in total. The first-order chi connectivity index (χ1) is 10.1. The Hall–Kier alpha value is -2.05. The normalized spacial score (nSPS) is 10.8. The highest BCUT2D eigenvalue weighted by atomic mass is 19.1. The van der Waals surface area contributed by atoms with Gasteiger partial charge in [-0.3, -0.25) is 4.79 Å². The number of aryl methyl sites for hydroxylation is 1. The second-order valence-electron chi connectivity index (χ2n) is 4.66. The molecule has 21 heavy (non-hydrogen) atoms. The maximum atomic E-state index is 13.3. The van der Waals surface area contributed by atoms with Gasteiger partial charge in [-0.15, -0.1) is 0 Å². The smallest absolute Gasteiger partial charge is 0.204 e. The molecule has 1 aromatic carbocycles. The lowest BCUT2D eigenvalue weighted by Crippen LogP contribution is -2.26. The molecule has 0 aliphatic heterocycles. The summed E-state index contributed by atoms with van der Waals surface area (Å²) in [5.74, 6) is -0.341. The zero-order chi connectivity index (χ0) is 15.2. The summed E-state index contributed by atoms with van der Waals surface area (Å²) in [5, 5.41) is 7.39. The van der Waals surface area contributed by atoms with Gasteiger partial charge in [0, 0.05) is 32.0 Å². The highest BCUT2D eigenvalue weighted by Crippen LogP contribution is 2.10. The number of hydrogen-bond acceptors (Lipinski definition) is 4. The number of rotatable bonds is 6. The molecule has 6 heteroatoms. The van der Waals surface area contributed by atoms with E-state index in [1.165, 1.54) is 18.2 Å². The van der Waals surface area contributed by atoms with Crippen molar-refractivity contribution in [2.75, 3.05) is 20.3 Å². The van der Waals surface area contributed by atoms with E-state index in [0.29, 0.717) is 36.8 Å². The molecule has 5 nitrogen and oxygen atoms in total. The van der Waals surface area contributed by atoms with E-state index < -0.39 is 0 Å². The third kappa shape index (κ3) is 3.96. The highest BCUT2D eigenvalue weighted by molar-refractivity contribution is 5.33. The summed E-state index contributed by atoms with van der Waals surface area (Å²) in [6.07, 6.45) is 0. The van der Waals surface area contributed by atoms with Crippen LogP contribution < -0.4 is 10.7 Å². The average molecular weight is 291 g/mol. The van der Waals surface area contributed by atoms with Crippen LogP contribution in [0.5, 0.6) is 0 Å². The molecule has 0 aliphatic rings. The molecule has 2 rings (SSSR count). The maximum absolute atomic E-state index is 13.3. The summed E-state index contributed by atoms with van der Waals surface area (Å²) in [7, 11) is 1.61. The van der Waals surface area contributed by atoms with Crippen LogP contribution >= 0.6 is 0 Å². The van der Waals surface area contributed by atoms with E-state index in [1.807, 2.05) is 0 Å². The van der Waals surface area contributed by atoms with Gasteiger partial charge in [0.05, 0.1) is 12.3 Å². The van der Waals surface area contributed by atoms with Crippen LogP contribution in [0, 0.1) is 12.7 Å². The van der Waals surface area contributed by atoms with Gasteiger partial charge in [-0.05, 0) is 25.1 Å². The van der Waals surface area contributed by atoms with Gasteiger partial charge in [0.1, 0.15) is 11.5 Å². The van der Waals surface area contributed by atoms with Gasteiger partial charge in [-0.1, -0.05) is 6.07 Å². The summed E-state index contributed by atoms with van der Waals surface area (Å²) < 4.78 is 19.8. The minimum atomic E-state index is -0.341. The molecule has 1 aromatic heterocycles. The Labute approximate surface area is 122 Å². The van der Waals surface area contributed by atoms with Crippen LogP contribution in [0.25, 0.3) is 5.69 Å². The average Bonchev–Trinajstić information content (AvgIpc) is 2.45. The Balaban J connectivity index is 2.28. The summed E-state index contributed by atoms with van der Waals surface area (Å²) in [6.45, 7) is 3.30. The molecule has 0 aliphatic carbocycles. The minimum Gasteiger partial charge on any atom is -0.383 e. The predicted octanol–water partition coefficient (Wildman–Crippen LogP) is 1.42. The quantitative estimate of drug-likeness (QED) is 0.818. The third-order valence-electron chi connectivity index (χ3n) is 3.01. The van der Waals surface area contributed by atoms with E-state index in [9.17, 15) is 9.18 Å². The van der Waals surface area contributed by atoms with Gasteiger partial charge < -0.3 is 10.1 Å². The first-order valence-corrected chi connectivity index (χ1v) is 6.67. The molecule has 0 saturated carbocycles. The van der Waals surface area contributed by atoms with E-state index in [2.05, 4.69) is 10.4 Å². The van der Waals surface area contributed by atoms with Crippen molar-refractivity contribution in [2.24, 2.45) is 0 Å². The van der Waals surface area contributed by atoms with Crippen molar-refractivity contribution in [1.82, 2.24) is 15.1 Å². The van der Waals surface area contributed by atoms with Crippen LogP contribution in [-0.4, -0.2) is 30.0 Å². The number of ether oxygens (including phenoxy) is 1. The lowest BCUT2D eigenvalue weighted by Gasteiger charge is -2.11. The van der Waals surface area contributed by atoms with Crippen molar-refractivity contribution in [3.8, 4) is 5.69 Å². The topological polar surface area (TPSA) is 56.1 Å². The fourth-order valence-electron chi connectivity index (χ4n) is 1.96. The molecule has 1 heterocycles. The number of hydrogen-bond donors (Lipinski definition) is 1. The van der Waals surface area contributed by atoms with Crippen molar-refractivity contribution >= 4 is 0 Å². The van der Waals surface area contributed by atoms with E-state index in [0.717, 1.165) is 0 Å². The van der Waals surface area contributed by atoms with Crippen LogP contribution in [-0.2, 0) is 11.3 Å². The van der Waals surface area contributed by atoms with Crippen molar-refractivity contribution in [3.05, 3.63) is 57.8 Å². The second-order valence-corrected chi connectivity index (χ2v) is 4.66. The van der Waals surface area contributed by atoms with Gasteiger partial charge in [-0.25, -0.2) is 9.07 Å². The lowest BCUT2D eigenvalue weighted by molar-refractivity contribution is 0.199. The van der Waals surface area contributed by atoms with Gasteiger partial charge in [-0.2, -0.15) is 5.10 Å². The fraction of sp³-hybridized carbons (Fsp3) is 0.333. The van der Waals surface area contributed by atoms with Crippen LogP contribution in [0.2, 0.25) is 0 Å². The first-order valence-electron chi connectivity index (χ1n) is 6.67. The number of nitrogens with one attached hydrogen (secondary N) is 1. The Kier molecular flexibility index (Phi) is 5.19. The van der Waals surface area contributed by atoms with Crippen LogP contribution in [0.15, 0.2) is 35.1 Å². The van der Waals surface area contributed by atoms with Crippen molar-refractivity contribution in [3.63, 3.8) is 0 Å². The van der Waals surface area contributed by atoms with Gasteiger partial charge >= 0.3 is 0 Å². The number of benzene rings is 1. The molecule has 0 unspecified atom stereocenters. The van der Waals surface area contributed by atoms with E-state index in [4.69, 9.17) is 4.74 Å². The summed E-state index contributed by atoms with van der Waals surface area (Å²) >= 11 is 0. The molecule has 0 spiro atoms. The predicted molar refractivity (Wildman–Crippen MR) is 78.1 cm³/mol. The molecular weight excluding hydrogens is 273 g/mol. The molecule has 0 saturated heterocycles. The lowest BCUT2D eigenvalue weighted by atomic mass is 10.2. The zero-order valence-electron chi connectivity index (χ0n) is 12.1. The zero-order valence-corrected chi connectivity index (χ0v) is 12.1. The van der Waals surface area contributed by atoms with Gasteiger partial charge in [0.2, 0.25) is 5.43 Å². The molecule has 112 valence electrons. The third-order valence-corrected chi connectivity index (χ3v) is 3.01. The van der Waals surface area contributed by atoms with Crippen molar-refractivity contribution in [2.45, 2.75) is 13.5 Å². The molecular formula is C15H18FN3O2. The fourth-order valence-corrected chi connectivity index (χ4v) is 1.96. The van der Waals surface area contributed by atoms with Crippen molar-refractivity contribution < 1.29 is 9.13 Å². The Morgan fingerprint density at radius 1 is 1.38 bits per heavy atom. The molecule has 0 bridgehead atoms. The number of methoxy groups -OCH3 is 1. The minimum absolute atomic E-state index is 0.134. The SMILES string of the molecule is COCCNCc1nn(-c2cccc(F)c2)c(C)cc1=O.